The van der Waals surface area contributed by atoms with Crippen LogP contribution in [-0.4, -0.2) is 29.1 Å². The van der Waals surface area contributed by atoms with Crippen molar-refractivity contribution in [2.75, 3.05) is 12.0 Å². The third-order valence-electron chi connectivity index (χ3n) is 2.49. The average molecular weight is 321 g/mol. The lowest BCUT2D eigenvalue weighted by Crippen LogP contribution is -2.30. The van der Waals surface area contributed by atoms with Gasteiger partial charge in [0.1, 0.15) is 0 Å². The number of benzene rings is 1. The molecule has 0 aliphatic rings. The lowest BCUT2D eigenvalue weighted by Gasteiger charge is -2.07. The number of aryl methyl sites for hydroxylation is 1. The van der Waals surface area contributed by atoms with Gasteiger partial charge in [-0.1, -0.05) is 17.7 Å². The summed E-state index contributed by atoms with van der Waals surface area (Å²) in [4.78, 5) is 11.9. The fourth-order valence-corrected chi connectivity index (χ4v) is 1.46. The number of hydrazone groups is 2. The fraction of sp³-hybridized carbons (Fsp3) is 0.286. The number of carbonyl (C=O) groups is 1. The molecule has 0 amide bonds. The lowest BCUT2D eigenvalue weighted by molar-refractivity contribution is -0.134. The SMILES string of the molecule is CCOC(=O)C(=N/Nc1ccc(C)cc1)/C(C)=N\NC(N)=S. The molecule has 0 aliphatic carbocycles. The van der Waals surface area contributed by atoms with Gasteiger partial charge in [0, 0.05) is 0 Å². The van der Waals surface area contributed by atoms with Crippen molar-refractivity contribution in [2.24, 2.45) is 15.9 Å². The topological polar surface area (TPSA) is 101 Å². The average Bonchev–Trinajstić information content (AvgIpc) is 2.47. The smallest absolute Gasteiger partial charge is 0.360 e. The number of anilines is 1. The second-order valence-corrected chi connectivity index (χ2v) is 4.77. The number of nitrogens with one attached hydrogen (secondary N) is 2. The normalized spacial score (nSPS) is 11.8. The summed E-state index contributed by atoms with van der Waals surface area (Å²) >= 11 is 4.66. The van der Waals surface area contributed by atoms with Crippen LogP contribution in [0.15, 0.2) is 34.5 Å². The van der Waals surface area contributed by atoms with E-state index in [-0.39, 0.29) is 17.4 Å². The van der Waals surface area contributed by atoms with Crippen LogP contribution in [0.3, 0.4) is 0 Å². The van der Waals surface area contributed by atoms with Crippen molar-refractivity contribution in [3.8, 4) is 0 Å². The van der Waals surface area contributed by atoms with Gasteiger partial charge in [-0.05, 0) is 45.1 Å². The van der Waals surface area contributed by atoms with Crippen LogP contribution in [0.2, 0.25) is 0 Å². The van der Waals surface area contributed by atoms with Gasteiger partial charge in [0.25, 0.3) is 0 Å². The highest BCUT2D eigenvalue weighted by Gasteiger charge is 2.17. The summed E-state index contributed by atoms with van der Waals surface area (Å²) in [7, 11) is 0. The Morgan fingerprint density at radius 3 is 2.50 bits per heavy atom. The standard InChI is InChI=1S/C14H19N5O2S/c1-4-21-13(20)12(10(3)16-19-14(15)22)18-17-11-7-5-9(2)6-8-11/h5-8,17H,4H2,1-3H3,(H3,15,19,22)/b16-10-,18-12+. The quantitative estimate of drug-likeness (QED) is 0.318. The molecule has 8 heteroatoms. The molecule has 1 rings (SSSR count). The number of hydrogen-bond acceptors (Lipinski definition) is 6. The van der Waals surface area contributed by atoms with E-state index in [0.29, 0.717) is 5.71 Å². The molecule has 4 N–H and O–H groups in total. The van der Waals surface area contributed by atoms with Crippen LogP contribution < -0.4 is 16.6 Å². The van der Waals surface area contributed by atoms with Crippen LogP contribution in [0.4, 0.5) is 5.69 Å². The van der Waals surface area contributed by atoms with E-state index in [1.807, 2.05) is 31.2 Å². The van der Waals surface area contributed by atoms with Gasteiger partial charge < -0.3 is 10.5 Å². The van der Waals surface area contributed by atoms with Gasteiger partial charge in [-0.2, -0.15) is 10.2 Å². The van der Waals surface area contributed by atoms with Crippen LogP contribution in [0.1, 0.15) is 19.4 Å². The Morgan fingerprint density at radius 2 is 1.95 bits per heavy atom. The molecule has 0 bridgehead atoms. The van der Waals surface area contributed by atoms with Crippen molar-refractivity contribution in [1.82, 2.24) is 5.43 Å². The van der Waals surface area contributed by atoms with E-state index in [9.17, 15) is 4.79 Å². The molecule has 0 unspecified atom stereocenters. The maximum atomic E-state index is 11.9. The summed E-state index contributed by atoms with van der Waals surface area (Å²) in [5.41, 5.74) is 12.7. The number of nitrogens with zero attached hydrogens (tertiary/aromatic N) is 2. The van der Waals surface area contributed by atoms with Crippen molar-refractivity contribution in [2.45, 2.75) is 20.8 Å². The Kier molecular flexibility index (Phi) is 6.97. The van der Waals surface area contributed by atoms with Gasteiger partial charge in [-0.3, -0.25) is 10.9 Å². The van der Waals surface area contributed by atoms with Crippen LogP contribution in [0.25, 0.3) is 0 Å². The molecule has 1 aromatic carbocycles. The van der Waals surface area contributed by atoms with E-state index in [1.54, 1.807) is 13.8 Å². The molecule has 0 heterocycles. The van der Waals surface area contributed by atoms with Crippen molar-refractivity contribution in [1.29, 1.82) is 0 Å². The van der Waals surface area contributed by atoms with Gasteiger partial charge in [0.2, 0.25) is 0 Å². The number of esters is 1. The summed E-state index contributed by atoms with van der Waals surface area (Å²) in [5.74, 6) is -0.590. The number of rotatable bonds is 6. The zero-order chi connectivity index (χ0) is 16.5. The Hall–Kier alpha value is -2.48. The van der Waals surface area contributed by atoms with Crippen molar-refractivity contribution < 1.29 is 9.53 Å². The minimum atomic E-state index is -0.590. The van der Waals surface area contributed by atoms with Crippen LogP contribution in [0.5, 0.6) is 0 Å². The molecule has 0 aliphatic heterocycles. The van der Waals surface area contributed by atoms with Crippen molar-refractivity contribution in [3.63, 3.8) is 0 Å². The summed E-state index contributed by atoms with van der Waals surface area (Å²) in [6.07, 6.45) is 0. The summed E-state index contributed by atoms with van der Waals surface area (Å²) in [5, 5.41) is 7.93. The van der Waals surface area contributed by atoms with Crippen LogP contribution >= 0.6 is 12.2 Å². The molecule has 118 valence electrons. The van der Waals surface area contributed by atoms with Gasteiger partial charge in [0.05, 0.1) is 18.0 Å². The maximum Gasteiger partial charge on any atom is 0.360 e. The second kappa shape index (κ2) is 8.73. The van der Waals surface area contributed by atoms with E-state index in [0.717, 1.165) is 11.3 Å². The number of thiocarbonyl (C=S) groups is 1. The molecule has 0 fully saturated rings. The van der Waals surface area contributed by atoms with Gasteiger partial charge >= 0.3 is 5.97 Å². The first-order chi connectivity index (χ1) is 10.4. The van der Waals surface area contributed by atoms with Crippen LogP contribution in [0, 0.1) is 6.92 Å². The Bertz CT molecular complexity index is 596. The molecule has 0 saturated carbocycles. The maximum absolute atomic E-state index is 11.9. The van der Waals surface area contributed by atoms with Gasteiger partial charge in [-0.25, -0.2) is 4.79 Å². The predicted octanol–water partition coefficient (Wildman–Crippen LogP) is 1.54. The van der Waals surface area contributed by atoms with Gasteiger partial charge in [-0.15, -0.1) is 0 Å². The molecule has 1 aromatic rings. The summed E-state index contributed by atoms with van der Waals surface area (Å²) in [6.45, 7) is 5.52. The van der Waals surface area contributed by atoms with E-state index in [2.05, 4.69) is 33.3 Å². The molecule has 0 atom stereocenters. The molecule has 0 aromatic heterocycles. The third kappa shape index (κ3) is 5.88. The molecule has 0 spiro atoms. The largest absolute Gasteiger partial charge is 0.461 e. The monoisotopic (exact) mass is 321 g/mol. The molecular formula is C14H19N5O2S. The van der Waals surface area contributed by atoms with E-state index in [4.69, 9.17) is 10.5 Å². The summed E-state index contributed by atoms with van der Waals surface area (Å²) < 4.78 is 4.96. The molecule has 22 heavy (non-hydrogen) atoms. The third-order valence-corrected chi connectivity index (χ3v) is 2.58. The number of hydrogen-bond donors (Lipinski definition) is 3. The van der Waals surface area contributed by atoms with Crippen molar-refractivity contribution >= 4 is 40.4 Å². The molecule has 0 saturated heterocycles. The molecule has 7 nitrogen and oxygen atoms in total. The Morgan fingerprint density at radius 1 is 1.32 bits per heavy atom. The highest BCUT2D eigenvalue weighted by molar-refractivity contribution is 7.80. The number of carbonyl (C=O) groups excluding carboxylic acids is 1. The highest BCUT2D eigenvalue weighted by atomic mass is 32.1. The zero-order valence-corrected chi connectivity index (χ0v) is 13.5. The second-order valence-electron chi connectivity index (χ2n) is 4.33. The van der Waals surface area contributed by atoms with Crippen molar-refractivity contribution in [3.05, 3.63) is 29.8 Å². The fourth-order valence-electron chi connectivity index (χ4n) is 1.41. The minimum Gasteiger partial charge on any atom is -0.461 e. The lowest BCUT2D eigenvalue weighted by atomic mass is 10.2. The number of nitrogens with two attached hydrogens (primary N) is 1. The highest BCUT2D eigenvalue weighted by Crippen LogP contribution is 2.08. The summed E-state index contributed by atoms with van der Waals surface area (Å²) in [6, 6.07) is 7.55. The van der Waals surface area contributed by atoms with Gasteiger partial charge in [0.15, 0.2) is 10.8 Å². The first kappa shape index (κ1) is 17.6. The van der Waals surface area contributed by atoms with E-state index in [1.165, 1.54) is 0 Å². The first-order valence-electron chi connectivity index (χ1n) is 6.61. The zero-order valence-electron chi connectivity index (χ0n) is 12.7. The Labute approximate surface area is 134 Å². The van der Waals surface area contributed by atoms with Crippen LogP contribution in [-0.2, 0) is 9.53 Å². The minimum absolute atomic E-state index is 0.00551. The first-order valence-corrected chi connectivity index (χ1v) is 7.02. The molecular weight excluding hydrogens is 302 g/mol. The van der Waals surface area contributed by atoms with E-state index < -0.39 is 5.97 Å². The van der Waals surface area contributed by atoms with E-state index >= 15 is 0 Å². The Balaban J connectivity index is 2.95. The number of ether oxygens (including phenoxy) is 1. The predicted molar refractivity (Wildman–Crippen MR) is 91.9 cm³/mol. The molecule has 0 radical (unpaired) electrons.